The Morgan fingerprint density at radius 3 is 1.60 bits per heavy atom. The lowest BCUT2D eigenvalue weighted by atomic mass is 9.95. The third-order valence-electron chi connectivity index (χ3n) is 2.46. The molecule has 0 unspecified atom stereocenters. The van der Waals surface area contributed by atoms with Crippen molar-refractivity contribution in [2.24, 2.45) is 0 Å². The summed E-state index contributed by atoms with van der Waals surface area (Å²) in [6, 6.07) is 4.19. The molecule has 20 heavy (non-hydrogen) atoms. The van der Waals surface area contributed by atoms with Crippen LogP contribution in [0.1, 0.15) is 63.8 Å². The van der Waals surface area contributed by atoms with E-state index in [1.807, 2.05) is 65.8 Å². The number of hydrogen-bond acceptors (Lipinski definition) is 0. The third kappa shape index (κ3) is 5.88. The summed E-state index contributed by atoms with van der Waals surface area (Å²) >= 11 is 0. The van der Waals surface area contributed by atoms with Crippen LogP contribution in [0.5, 0.6) is 0 Å². The fourth-order valence-corrected chi connectivity index (χ4v) is 1.75. The summed E-state index contributed by atoms with van der Waals surface area (Å²) in [6.45, 7) is 19.8. The molecule has 0 spiro atoms. The average molecular weight is 270 g/mol. The molecule has 0 aromatic heterocycles. The summed E-state index contributed by atoms with van der Waals surface area (Å²) < 4.78 is 0. The van der Waals surface area contributed by atoms with Crippen molar-refractivity contribution in [3.8, 4) is 0 Å². The normalized spacial score (nSPS) is 9.50. The highest BCUT2D eigenvalue weighted by atomic mass is 14.1. The molecule has 0 saturated heterocycles. The van der Waals surface area contributed by atoms with Gasteiger partial charge >= 0.3 is 0 Å². The van der Waals surface area contributed by atoms with Gasteiger partial charge in [-0.25, -0.2) is 0 Å². The molecular formula is C20H30. The largest absolute Gasteiger partial charge is 0.0984 e. The Morgan fingerprint density at radius 2 is 1.20 bits per heavy atom. The molecule has 1 rings (SSSR count). The number of rotatable bonds is 4. The SMILES string of the molecule is C=Cc1ccc(/C=C\C)c(C=C)c1/C=C\C.CC.CC. The van der Waals surface area contributed by atoms with Crippen molar-refractivity contribution >= 4 is 24.3 Å². The van der Waals surface area contributed by atoms with E-state index in [0.717, 1.165) is 11.1 Å². The molecule has 0 nitrogen and oxygen atoms in total. The molecule has 0 aliphatic heterocycles. The smallest absolute Gasteiger partial charge is 0.0109 e. The highest BCUT2D eigenvalue weighted by Crippen LogP contribution is 2.24. The molecule has 0 N–H and O–H groups in total. The van der Waals surface area contributed by atoms with Crippen molar-refractivity contribution in [2.75, 3.05) is 0 Å². The minimum Gasteiger partial charge on any atom is -0.0984 e. The van der Waals surface area contributed by atoms with Gasteiger partial charge < -0.3 is 0 Å². The van der Waals surface area contributed by atoms with Gasteiger partial charge in [0.2, 0.25) is 0 Å². The van der Waals surface area contributed by atoms with E-state index < -0.39 is 0 Å². The third-order valence-corrected chi connectivity index (χ3v) is 2.46. The van der Waals surface area contributed by atoms with Crippen LogP contribution in [0.15, 0.2) is 37.4 Å². The van der Waals surface area contributed by atoms with Gasteiger partial charge in [0, 0.05) is 0 Å². The number of benzene rings is 1. The molecule has 1 aromatic rings. The summed E-state index contributed by atoms with van der Waals surface area (Å²) in [4.78, 5) is 0. The lowest BCUT2D eigenvalue weighted by molar-refractivity contribution is 1.50. The minimum absolute atomic E-state index is 1.14. The molecule has 0 amide bonds. The summed E-state index contributed by atoms with van der Waals surface area (Å²) in [5, 5.41) is 0. The zero-order chi connectivity index (χ0) is 16.0. The van der Waals surface area contributed by atoms with Gasteiger partial charge in [-0.15, -0.1) is 0 Å². The lowest BCUT2D eigenvalue weighted by Crippen LogP contribution is -1.90. The Balaban J connectivity index is 0. The first-order chi connectivity index (χ1) is 9.78. The van der Waals surface area contributed by atoms with Crippen LogP contribution in [0.25, 0.3) is 24.3 Å². The number of hydrogen-bond donors (Lipinski definition) is 0. The first kappa shape index (κ1) is 20.5. The monoisotopic (exact) mass is 270 g/mol. The highest BCUT2D eigenvalue weighted by Gasteiger charge is 2.04. The van der Waals surface area contributed by atoms with Crippen molar-refractivity contribution in [3.63, 3.8) is 0 Å². The van der Waals surface area contributed by atoms with E-state index in [2.05, 4.69) is 37.4 Å². The van der Waals surface area contributed by atoms with E-state index >= 15 is 0 Å². The Bertz CT molecular complexity index is 445. The van der Waals surface area contributed by atoms with Crippen LogP contribution in [0.4, 0.5) is 0 Å². The van der Waals surface area contributed by atoms with Crippen molar-refractivity contribution in [2.45, 2.75) is 41.5 Å². The maximum atomic E-state index is 3.89. The Kier molecular flexibility index (Phi) is 13.9. The quantitative estimate of drug-likeness (QED) is 0.547. The van der Waals surface area contributed by atoms with Crippen LogP contribution >= 0.6 is 0 Å². The molecule has 0 bridgehead atoms. The summed E-state index contributed by atoms with van der Waals surface area (Å²) in [5.41, 5.74) is 4.68. The van der Waals surface area contributed by atoms with E-state index in [0.29, 0.717) is 0 Å². The minimum atomic E-state index is 1.14. The average Bonchev–Trinajstić information content (AvgIpc) is 2.52. The van der Waals surface area contributed by atoms with Gasteiger partial charge in [0.05, 0.1) is 0 Å². The van der Waals surface area contributed by atoms with Crippen LogP contribution < -0.4 is 0 Å². The van der Waals surface area contributed by atoms with Crippen molar-refractivity contribution in [1.29, 1.82) is 0 Å². The molecule has 0 saturated carbocycles. The second-order valence-corrected chi connectivity index (χ2v) is 3.48. The van der Waals surface area contributed by atoms with Crippen LogP contribution in [0, 0.1) is 0 Å². The van der Waals surface area contributed by atoms with Gasteiger partial charge in [0.15, 0.2) is 0 Å². The van der Waals surface area contributed by atoms with E-state index in [1.165, 1.54) is 11.1 Å². The summed E-state index contributed by atoms with van der Waals surface area (Å²) in [6.07, 6.45) is 12.0. The van der Waals surface area contributed by atoms with Crippen LogP contribution in [0.2, 0.25) is 0 Å². The molecule has 110 valence electrons. The first-order valence-electron chi connectivity index (χ1n) is 7.45. The molecule has 0 heteroatoms. The molecule has 0 fully saturated rings. The van der Waals surface area contributed by atoms with Gasteiger partial charge in [-0.3, -0.25) is 0 Å². The predicted molar refractivity (Wildman–Crippen MR) is 98.7 cm³/mol. The van der Waals surface area contributed by atoms with Crippen molar-refractivity contribution in [1.82, 2.24) is 0 Å². The topological polar surface area (TPSA) is 0 Å². The predicted octanol–water partition coefficient (Wildman–Crippen LogP) is 7.09. The lowest BCUT2D eigenvalue weighted by Gasteiger charge is -2.09. The molecular weight excluding hydrogens is 240 g/mol. The van der Waals surface area contributed by atoms with Gasteiger partial charge in [0.25, 0.3) is 0 Å². The highest BCUT2D eigenvalue weighted by molar-refractivity contribution is 5.79. The Labute approximate surface area is 126 Å². The molecule has 0 aliphatic carbocycles. The van der Waals surface area contributed by atoms with E-state index in [1.54, 1.807) is 0 Å². The fraction of sp³-hybridized carbons (Fsp3) is 0.300. The van der Waals surface area contributed by atoms with E-state index in [9.17, 15) is 0 Å². The second-order valence-electron chi connectivity index (χ2n) is 3.48. The maximum absolute atomic E-state index is 3.89. The van der Waals surface area contributed by atoms with Gasteiger partial charge in [-0.1, -0.05) is 89.4 Å². The second kappa shape index (κ2) is 13.6. The summed E-state index contributed by atoms with van der Waals surface area (Å²) in [5.74, 6) is 0. The zero-order valence-electron chi connectivity index (χ0n) is 14.0. The molecule has 1 aromatic carbocycles. The maximum Gasteiger partial charge on any atom is -0.0109 e. The van der Waals surface area contributed by atoms with E-state index in [-0.39, 0.29) is 0 Å². The number of allylic oxidation sites excluding steroid dienone is 2. The summed E-state index contributed by atoms with van der Waals surface area (Å²) in [7, 11) is 0. The van der Waals surface area contributed by atoms with Crippen LogP contribution in [-0.4, -0.2) is 0 Å². The molecule has 0 radical (unpaired) electrons. The fourth-order valence-electron chi connectivity index (χ4n) is 1.75. The van der Waals surface area contributed by atoms with Gasteiger partial charge in [-0.2, -0.15) is 0 Å². The molecule has 0 atom stereocenters. The Hall–Kier alpha value is -1.82. The van der Waals surface area contributed by atoms with Crippen LogP contribution in [0.3, 0.4) is 0 Å². The van der Waals surface area contributed by atoms with Crippen LogP contribution in [-0.2, 0) is 0 Å². The van der Waals surface area contributed by atoms with Crippen molar-refractivity contribution in [3.05, 3.63) is 59.7 Å². The standard InChI is InChI=1S/C16H18.2C2H6/c1-5-9-14-12-11-13(7-3)16(10-6-2)15(14)8-4;2*1-2/h5-12H,3-4H2,1-2H3;2*1-2H3/b9-5-,10-6-;;. The molecule has 0 heterocycles. The van der Waals surface area contributed by atoms with Gasteiger partial charge in [-0.05, 0) is 36.1 Å². The first-order valence-corrected chi connectivity index (χ1v) is 7.45. The van der Waals surface area contributed by atoms with Gasteiger partial charge in [0.1, 0.15) is 0 Å². The van der Waals surface area contributed by atoms with Crippen molar-refractivity contribution < 1.29 is 0 Å². The van der Waals surface area contributed by atoms with E-state index in [4.69, 9.17) is 0 Å². The zero-order valence-corrected chi connectivity index (χ0v) is 14.0. The molecule has 0 aliphatic rings. The Morgan fingerprint density at radius 1 is 0.700 bits per heavy atom.